The fourth-order valence-corrected chi connectivity index (χ4v) is 2.37. The van der Waals surface area contributed by atoms with E-state index in [0.29, 0.717) is 23.3 Å². The summed E-state index contributed by atoms with van der Waals surface area (Å²) in [6, 6.07) is 7.30. The number of fused-ring (bicyclic) bond motifs is 1. The van der Waals surface area contributed by atoms with Gasteiger partial charge in [-0.2, -0.15) is 0 Å². The van der Waals surface area contributed by atoms with Crippen molar-refractivity contribution < 1.29 is 0 Å². The summed E-state index contributed by atoms with van der Waals surface area (Å²) in [5, 5.41) is 3.86. The number of nitrogen functional groups attached to an aromatic ring is 1. The highest BCUT2D eigenvalue weighted by Crippen LogP contribution is 2.08. The third-order valence-corrected chi connectivity index (χ3v) is 3.46. The van der Waals surface area contributed by atoms with Crippen LogP contribution in [0.25, 0.3) is 10.9 Å². The van der Waals surface area contributed by atoms with Crippen molar-refractivity contribution >= 4 is 10.9 Å². The number of nitrogens with one attached hydrogen (secondary N) is 1. The van der Waals surface area contributed by atoms with Gasteiger partial charge in [0.05, 0.1) is 17.4 Å². The molecule has 0 saturated carbocycles. The normalized spacial score (nSPS) is 16.8. The van der Waals surface area contributed by atoms with E-state index < -0.39 is 0 Å². The second-order valence-electron chi connectivity index (χ2n) is 4.75. The van der Waals surface area contributed by atoms with Crippen molar-refractivity contribution in [2.45, 2.75) is 6.54 Å². The Morgan fingerprint density at radius 1 is 1.26 bits per heavy atom. The van der Waals surface area contributed by atoms with Gasteiger partial charge in [-0.15, -0.1) is 0 Å². The Balaban J connectivity index is 1.99. The van der Waals surface area contributed by atoms with Crippen molar-refractivity contribution in [1.82, 2.24) is 19.9 Å². The van der Waals surface area contributed by atoms with Gasteiger partial charge in [0.2, 0.25) is 0 Å². The predicted molar refractivity (Wildman–Crippen MR) is 74.3 cm³/mol. The number of rotatable bonds is 2. The Hall–Kier alpha value is -1.92. The summed E-state index contributed by atoms with van der Waals surface area (Å²) in [5.74, 6) is 6.48. The number of piperazine rings is 1. The van der Waals surface area contributed by atoms with Crippen molar-refractivity contribution in [3.8, 4) is 0 Å². The lowest BCUT2D eigenvalue weighted by molar-refractivity contribution is 0.225. The first kappa shape index (κ1) is 12.1. The van der Waals surface area contributed by atoms with Gasteiger partial charge in [-0.1, -0.05) is 12.1 Å². The Kier molecular flexibility index (Phi) is 3.18. The van der Waals surface area contributed by atoms with E-state index in [4.69, 9.17) is 5.84 Å². The molecule has 100 valence electrons. The first-order chi connectivity index (χ1) is 9.25. The average Bonchev–Trinajstić information content (AvgIpc) is 2.46. The molecule has 6 heteroatoms. The molecular formula is C13H17N5O. The zero-order valence-electron chi connectivity index (χ0n) is 10.7. The predicted octanol–water partition coefficient (Wildman–Crippen LogP) is -0.484. The summed E-state index contributed by atoms with van der Waals surface area (Å²) < 4.78 is 1.17. The first-order valence-electron chi connectivity index (χ1n) is 6.44. The molecular weight excluding hydrogens is 242 g/mol. The van der Waals surface area contributed by atoms with Gasteiger partial charge >= 0.3 is 0 Å². The quantitative estimate of drug-likeness (QED) is 0.712. The number of para-hydroxylation sites is 1. The van der Waals surface area contributed by atoms with Gasteiger partial charge in [0, 0.05) is 26.2 Å². The molecule has 6 nitrogen and oxygen atoms in total. The minimum Gasteiger partial charge on any atom is -0.335 e. The minimum absolute atomic E-state index is 0.185. The smallest absolute Gasteiger partial charge is 0.279 e. The molecule has 2 heterocycles. The molecule has 2 aromatic rings. The first-order valence-corrected chi connectivity index (χ1v) is 6.44. The number of hydrogen-bond acceptors (Lipinski definition) is 5. The molecule has 1 aromatic carbocycles. The Morgan fingerprint density at radius 2 is 2.00 bits per heavy atom. The zero-order chi connectivity index (χ0) is 13.2. The van der Waals surface area contributed by atoms with Crippen molar-refractivity contribution in [3.63, 3.8) is 0 Å². The van der Waals surface area contributed by atoms with Crippen LogP contribution < -0.4 is 16.7 Å². The van der Waals surface area contributed by atoms with Crippen LogP contribution in [0, 0.1) is 0 Å². The Labute approximate surface area is 110 Å². The zero-order valence-corrected chi connectivity index (χ0v) is 10.7. The summed E-state index contributed by atoms with van der Waals surface area (Å²) in [6.07, 6.45) is 0. The summed E-state index contributed by atoms with van der Waals surface area (Å²) in [7, 11) is 0. The van der Waals surface area contributed by atoms with E-state index in [1.807, 2.05) is 18.2 Å². The second-order valence-corrected chi connectivity index (χ2v) is 4.75. The summed E-state index contributed by atoms with van der Waals surface area (Å²) in [5.41, 5.74) is 0.523. The maximum absolute atomic E-state index is 12.2. The Bertz CT molecular complexity index is 645. The van der Waals surface area contributed by atoms with Crippen LogP contribution in [-0.4, -0.2) is 40.7 Å². The molecule has 1 aliphatic heterocycles. The third kappa shape index (κ3) is 2.32. The van der Waals surface area contributed by atoms with Crippen LogP contribution in [0.15, 0.2) is 29.1 Å². The van der Waals surface area contributed by atoms with Crippen LogP contribution in [0.4, 0.5) is 0 Å². The van der Waals surface area contributed by atoms with E-state index in [1.54, 1.807) is 6.07 Å². The van der Waals surface area contributed by atoms with Gasteiger partial charge in [-0.25, -0.2) is 9.66 Å². The third-order valence-electron chi connectivity index (χ3n) is 3.46. The molecule has 0 bridgehead atoms. The van der Waals surface area contributed by atoms with E-state index in [0.717, 1.165) is 26.2 Å². The monoisotopic (exact) mass is 259 g/mol. The highest BCUT2D eigenvalue weighted by atomic mass is 16.1. The van der Waals surface area contributed by atoms with Crippen LogP contribution in [-0.2, 0) is 6.54 Å². The lowest BCUT2D eigenvalue weighted by Crippen LogP contribution is -2.44. The highest BCUT2D eigenvalue weighted by Gasteiger charge is 2.14. The Morgan fingerprint density at radius 3 is 2.79 bits per heavy atom. The number of nitrogens with two attached hydrogens (primary N) is 1. The van der Waals surface area contributed by atoms with Gasteiger partial charge in [-0.05, 0) is 12.1 Å². The van der Waals surface area contributed by atoms with Crippen LogP contribution in [0.1, 0.15) is 5.82 Å². The van der Waals surface area contributed by atoms with Gasteiger partial charge in [0.25, 0.3) is 5.56 Å². The number of benzene rings is 1. The lowest BCUT2D eigenvalue weighted by Gasteiger charge is -2.27. The van der Waals surface area contributed by atoms with Crippen LogP contribution in [0.2, 0.25) is 0 Å². The molecule has 0 spiro atoms. The largest absolute Gasteiger partial charge is 0.335 e. The van der Waals surface area contributed by atoms with Gasteiger partial charge < -0.3 is 11.2 Å². The van der Waals surface area contributed by atoms with Gasteiger partial charge in [0.15, 0.2) is 0 Å². The molecule has 0 aliphatic carbocycles. The van der Waals surface area contributed by atoms with E-state index >= 15 is 0 Å². The maximum Gasteiger partial charge on any atom is 0.279 e. The van der Waals surface area contributed by atoms with Crippen LogP contribution >= 0.6 is 0 Å². The van der Waals surface area contributed by atoms with Gasteiger partial charge in [0.1, 0.15) is 5.82 Å². The van der Waals surface area contributed by atoms with Crippen molar-refractivity contribution in [1.29, 1.82) is 0 Å². The van der Waals surface area contributed by atoms with E-state index in [-0.39, 0.29) is 5.56 Å². The van der Waals surface area contributed by atoms with Crippen LogP contribution in [0.5, 0.6) is 0 Å². The van der Waals surface area contributed by atoms with Crippen molar-refractivity contribution in [3.05, 3.63) is 40.4 Å². The molecule has 3 rings (SSSR count). The van der Waals surface area contributed by atoms with Crippen molar-refractivity contribution in [2.24, 2.45) is 0 Å². The van der Waals surface area contributed by atoms with E-state index in [9.17, 15) is 4.79 Å². The number of nitrogens with zero attached hydrogens (tertiary/aromatic N) is 3. The molecule has 3 N–H and O–H groups in total. The fourth-order valence-electron chi connectivity index (χ4n) is 2.37. The van der Waals surface area contributed by atoms with E-state index in [2.05, 4.69) is 15.2 Å². The SMILES string of the molecule is Nn1c(CN2CCNCC2)nc2ccccc2c1=O. The van der Waals surface area contributed by atoms with Crippen molar-refractivity contribution in [2.75, 3.05) is 32.0 Å². The number of aromatic nitrogens is 2. The molecule has 1 fully saturated rings. The minimum atomic E-state index is -0.185. The maximum atomic E-state index is 12.2. The van der Waals surface area contributed by atoms with Gasteiger partial charge in [-0.3, -0.25) is 9.69 Å². The van der Waals surface area contributed by atoms with Crippen LogP contribution in [0.3, 0.4) is 0 Å². The summed E-state index contributed by atoms with van der Waals surface area (Å²) in [6.45, 7) is 4.43. The molecule has 0 amide bonds. The number of hydrogen-bond donors (Lipinski definition) is 2. The summed E-state index contributed by atoms with van der Waals surface area (Å²) >= 11 is 0. The topological polar surface area (TPSA) is 76.2 Å². The molecule has 1 saturated heterocycles. The second kappa shape index (κ2) is 4.99. The standard InChI is InChI=1S/C13H17N5O/c14-18-12(9-17-7-5-15-6-8-17)16-11-4-2-1-3-10(11)13(18)19/h1-4,15H,5-9,14H2. The molecule has 0 radical (unpaired) electrons. The molecule has 19 heavy (non-hydrogen) atoms. The molecule has 1 aromatic heterocycles. The molecule has 0 atom stereocenters. The highest BCUT2D eigenvalue weighted by molar-refractivity contribution is 5.77. The molecule has 1 aliphatic rings. The fraction of sp³-hybridized carbons (Fsp3) is 0.385. The summed E-state index contributed by atoms with van der Waals surface area (Å²) in [4.78, 5) is 18.9. The lowest BCUT2D eigenvalue weighted by atomic mass is 10.2. The van der Waals surface area contributed by atoms with E-state index in [1.165, 1.54) is 4.68 Å². The average molecular weight is 259 g/mol. The molecule has 0 unspecified atom stereocenters.